The number of aromatic nitrogens is 1. The number of aliphatic carboxylic acids is 1. The summed E-state index contributed by atoms with van der Waals surface area (Å²) in [6.45, 7) is 4.10. The maximum atomic E-state index is 11.2. The smallest absolute Gasteiger partial charge is 0.307 e. The molecule has 0 radical (unpaired) electrons. The summed E-state index contributed by atoms with van der Waals surface area (Å²) >= 11 is 0. The molecule has 3 rings (SSSR count). The molecule has 1 N–H and O–H groups in total. The molecule has 1 heterocycles. The Labute approximate surface area is 112 Å². The van der Waals surface area contributed by atoms with E-state index in [4.69, 9.17) is 4.98 Å². The first-order valence-corrected chi connectivity index (χ1v) is 6.69. The van der Waals surface area contributed by atoms with Crippen molar-refractivity contribution in [2.75, 3.05) is 0 Å². The minimum absolute atomic E-state index is 0.102. The molecule has 19 heavy (non-hydrogen) atoms. The third-order valence-electron chi connectivity index (χ3n) is 3.90. The van der Waals surface area contributed by atoms with E-state index in [1.54, 1.807) is 0 Å². The van der Waals surface area contributed by atoms with Gasteiger partial charge in [0.2, 0.25) is 0 Å². The van der Waals surface area contributed by atoms with Crippen LogP contribution in [0.1, 0.15) is 34.4 Å². The number of carboxylic acids is 1. The van der Waals surface area contributed by atoms with Crippen LogP contribution >= 0.6 is 0 Å². The van der Waals surface area contributed by atoms with E-state index in [1.807, 2.05) is 6.92 Å². The lowest BCUT2D eigenvalue weighted by molar-refractivity contribution is -0.136. The van der Waals surface area contributed by atoms with Crippen molar-refractivity contribution in [2.45, 2.75) is 39.5 Å². The first-order valence-electron chi connectivity index (χ1n) is 6.69. The maximum Gasteiger partial charge on any atom is 0.307 e. The number of carboxylic acid groups (broad SMARTS) is 1. The summed E-state index contributed by atoms with van der Waals surface area (Å²) in [5.74, 6) is -0.762. The SMILES string of the molecule is Cc1cc(C)c2c(CC(=O)O)c3c(nc2c1)CCC3. The zero-order valence-corrected chi connectivity index (χ0v) is 11.3. The Balaban J connectivity index is 2.38. The van der Waals surface area contributed by atoms with Gasteiger partial charge in [-0.05, 0) is 61.4 Å². The van der Waals surface area contributed by atoms with Gasteiger partial charge in [0.15, 0.2) is 0 Å². The average molecular weight is 255 g/mol. The molecule has 0 spiro atoms. The van der Waals surface area contributed by atoms with Crippen molar-refractivity contribution in [3.05, 3.63) is 40.1 Å². The van der Waals surface area contributed by atoms with E-state index < -0.39 is 5.97 Å². The molecule has 0 unspecified atom stereocenters. The summed E-state index contributed by atoms with van der Waals surface area (Å²) in [6, 6.07) is 4.17. The molecule has 3 heteroatoms. The van der Waals surface area contributed by atoms with Crippen molar-refractivity contribution < 1.29 is 9.90 Å². The van der Waals surface area contributed by atoms with E-state index in [-0.39, 0.29) is 6.42 Å². The number of hydrogen-bond acceptors (Lipinski definition) is 2. The molecule has 0 aliphatic heterocycles. The molecule has 1 aromatic heterocycles. The quantitative estimate of drug-likeness (QED) is 0.897. The Morgan fingerprint density at radius 1 is 1.32 bits per heavy atom. The molecule has 2 aromatic rings. The van der Waals surface area contributed by atoms with E-state index in [2.05, 4.69) is 19.1 Å². The lowest BCUT2D eigenvalue weighted by atomic mass is 9.94. The second kappa shape index (κ2) is 4.34. The topological polar surface area (TPSA) is 50.2 Å². The molecular weight excluding hydrogens is 238 g/mol. The van der Waals surface area contributed by atoms with Crippen LogP contribution < -0.4 is 0 Å². The third kappa shape index (κ3) is 1.99. The van der Waals surface area contributed by atoms with Crippen molar-refractivity contribution in [2.24, 2.45) is 0 Å². The zero-order chi connectivity index (χ0) is 13.6. The summed E-state index contributed by atoms with van der Waals surface area (Å²) in [7, 11) is 0. The molecule has 98 valence electrons. The highest BCUT2D eigenvalue weighted by molar-refractivity contribution is 5.90. The molecule has 1 aliphatic carbocycles. The molecule has 0 amide bonds. The summed E-state index contributed by atoms with van der Waals surface area (Å²) in [6.07, 6.45) is 3.13. The molecule has 0 atom stereocenters. The first-order chi connectivity index (χ1) is 9.06. The average Bonchev–Trinajstić information content (AvgIpc) is 2.74. The van der Waals surface area contributed by atoms with Gasteiger partial charge in [-0.2, -0.15) is 0 Å². The normalized spacial score (nSPS) is 13.8. The Morgan fingerprint density at radius 3 is 2.84 bits per heavy atom. The first kappa shape index (κ1) is 12.2. The summed E-state index contributed by atoms with van der Waals surface area (Å²) in [5.41, 5.74) is 6.54. The van der Waals surface area contributed by atoms with Crippen LogP contribution in [0, 0.1) is 13.8 Å². The third-order valence-corrected chi connectivity index (χ3v) is 3.90. The molecule has 1 aliphatic rings. The predicted molar refractivity (Wildman–Crippen MR) is 74.6 cm³/mol. The number of aryl methyl sites for hydroxylation is 3. The van der Waals surface area contributed by atoms with Crippen molar-refractivity contribution >= 4 is 16.9 Å². The highest BCUT2D eigenvalue weighted by Crippen LogP contribution is 2.32. The van der Waals surface area contributed by atoms with Gasteiger partial charge in [-0.15, -0.1) is 0 Å². The number of nitrogens with zero attached hydrogens (tertiary/aromatic N) is 1. The minimum atomic E-state index is -0.762. The van der Waals surface area contributed by atoms with Crippen LogP contribution in [0.25, 0.3) is 10.9 Å². The van der Waals surface area contributed by atoms with Crippen molar-refractivity contribution in [3.8, 4) is 0 Å². The van der Waals surface area contributed by atoms with E-state index in [1.165, 1.54) is 11.1 Å². The number of pyridine rings is 1. The number of fused-ring (bicyclic) bond motifs is 2. The Hall–Kier alpha value is -1.90. The van der Waals surface area contributed by atoms with Crippen LogP contribution in [0.15, 0.2) is 12.1 Å². The maximum absolute atomic E-state index is 11.2. The van der Waals surface area contributed by atoms with Crippen LogP contribution in [0.3, 0.4) is 0 Å². The van der Waals surface area contributed by atoms with E-state index in [0.29, 0.717) is 0 Å². The molecule has 1 aromatic carbocycles. The van der Waals surface area contributed by atoms with Crippen LogP contribution in [0.2, 0.25) is 0 Å². The fraction of sp³-hybridized carbons (Fsp3) is 0.375. The van der Waals surface area contributed by atoms with Crippen LogP contribution in [0.5, 0.6) is 0 Å². The molecule has 0 saturated carbocycles. The zero-order valence-electron chi connectivity index (χ0n) is 11.3. The van der Waals surface area contributed by atoms with Gasteiger partial charge in [-0.25, -0.2) is 0 Å². The van der Waals surface area contributed by atoms with Crippen molar-refractivity contribution in [3.63, 3.8) is 0 Å². The van der Waals surface area contributed by atoms with Gasteiger partial charge in [0.25, 0.3) is 0 Å². The summed E-state index contributed by atoms with van der Waals surface area (Å²) < 4.78 is 0. The van der Waals surface area contributed by atoms with Gasteiger partial charge in [0.05, 0.1) is 11.9 Å². The van der Waals surface area contributed by atoms with Crippen molar-refractivity contribution in [1.29, 1.82) is 0 Å². The van der Waals surface area contributed by atoms with Gasteiger partial charge in [0, 0.05) is 11.1 Å². The molecule has 0 bridgehead atoms. The Kier molecular flexibility index (Phi) is 2.77. The van der Waals surface area contributed by atoms with Crippen LogP contribution in [0.4, 0.5) is 0 Å². The fourth-order valence-corrected chi connectivity index (χ4v) is 3.24. The number of carbonyl (C=O) groups is 1. The molecule has 3 nitrogen and oxygen atoms in total. The molecule has 0 saturated heterocycles. The van der Waals surface area contributed by atoms with Gasteiger partial charge < -0.3 is 5.11 Å². The van der Waals surface area contributed by atoms with E-state index in [0.717, 1.165) is 47.0 Å². The lowest BCUT2D eigenvalue weighted by Crippen LogP contribution is -2.07. The highest BCUT2D eigenvalue weighted by atomic mass is 16.4. The highest BCUT2D eigenvalue weighted by Gasteiger charge is 2.21. The fourth-order valence-electron chi connectivity index (χ4n) is 3.24. The Morgan fingerprint density at radius 2 is 2.11 bits per heavy atom. The summed E-state index contributed by atoms with van der Waals surface area (Å²) in [5, 5.41) is 10.2. The lowest BCUT2D eigenvalue weighted by Gasteiger charge is -2.13. The summed E-state index contributed by atoms with van der Waals surface area (Å²) in [4.78, 5) is 15.9. The molecular formula is C16H17NO2. The predicted octanol–water partition coefficient (Wildman–Crippen LogP) is 2.97. The number of benzene rings is 1. The molecule has 0 fully saturated rings. The van der Waals surface area contributed by atoms with Crippen molar-refractivity contribution in [1.82, 2.24) is 4.98 Å². The van der Waals surface area contributed by atoms with Crippen LogP contribution in [-0.4, -0.2) is 16.1 Å². The second-order valence-corrected chi connectivity index (χ2v) is 5.42. The largest absolute Gasteiger partial charge is 0.481 e. The van der Waals surface area contributed by atoms with Gasteiger partial charge >= 0.3 is 5.97 Å². The van der Waals surface area contributed by atoms with Gasteiger partial charge in [-0.1, -0.05) is 6.07 Å². The minimum Gasteiger partial charge on any atom is -0.481 e. The number of rotatable bonds is 2. The Bertz CT molecular complexity index is 689. The van der Waals surface area contributed by atoms with E-state index >= 15 is 0 Å². The standard InChI is InChI=1S/C16H17NO2/c1-9-6-10(2)16-12(8-15(18)19)11-4-3-5-13(11)17-14(16)7-9/h6-7H,3-5,8H2,1-2H3,(H,18,19). The van der Waals surface area contributed by atoms with E-state index in [9.17, 15) is 9.90 Å². The monoisotopic (exact) mass is 255 g/mol. The van der Waals surface area contributed by atoms with Crippen LogP contribution in [-0.2, 0) is 24.1 Å². The van der Waals surface area contributed by atoms with Gasteiger partial charge in [0.1, 0.15) is 0 Å². The second-order valence-electron chi connectivity index (χ2n) is 5.42. The van der Waals surface area contributed by atoms with Gasteiger partial charge in [-0.3, -0.25) is 9.78 Å². The number of hydrogen-bond donors (Lipinski definition) is 1.